The molecule has 0 spiro atoms. The Labute approximate surface area is 228 Å². The van der Waals surface area contributed by atoms with Gasteiger partial charge in [-0.25, -0.2) is 17.5 Å². The predicted octanol–water partition coefficient (Wildman–Crippen LogP) is 5.51. The van der Waals surface area contributed by atoms with Gasteiger partial charge in [0.15, 0.2) is 0 Å². The summed E-state index contributed by atoms with van der Waals surface area (Å²) in [6.45, 7) is 1.84. The van der Waals surface area contributed by atoms with Gasteiger partial charge in [0.1, 0.15) is 17.4 Å². The van der Waals surface area contributed by atoms with Gasteiger partial charge < -0.3 is 10.1 Å². The van der Waals surface area contributed by atoms with E-state index in [0.29, 0.717) is 29.4 Å². The highest BCUT2D eigenvalue weighted by molar-refractivity contribution is 7.89. The van der Waals surface area contributed by atoms with E-state index >= 15 is 0 Å². The zero-order valence-corrected chi connectivity index (χ0v) is 22.7. The lowest BCUT2D eigenvalue weighted by atomic mass is 10.2. The van der Waals surface area contributed by atoms with Crippen LogP contribution in [0.4, 0.5) is 10.2 Å². The van der Waals surface area contributed by atoms with E-state index in [1.807, 2.05) is 37.3 Å². The molecule has 1 N–H and O–H groups in total. The first-order valence-corrected chi connectivity index (χ1v) is 14.1. The van der Waals surface area contributed by atoms with E-state index in [0.717, 1.165) is 18.4 Å². The van der Waals surface area contributed by atoms with Crippen LogP contribution in [0.25, 0.3) is 16.9 Å². The Morgan fingerprint density at radius 2 is 1.69 bits per heavy atom. The Kier molecular flexibility index (Phi) is 9.11. The summed E-state index contributed by atoms with van der Waals surface area (Å²) in [5.41, 5.74) is 1.97. The number of hydrogen-bond acceptors (Lipinski definition) is 5. The van der Waals surface area contributed by atoms with E-state index in [1.54, 1.807) is 30.3 Å². The minimum Gasteiger partial charge on any atom is -0.497 e. The van der Waals surface area contributed by atoms with Crippen molar-refractivity contribution < 1.29 is 22.3 Å². The number of methoxy groups -OCH3 is 1. The molecular weight excluding hydrogens is 519 g/mol. The Hall–Kier alpha value is -4.02. The summed E-state index contributed by atoms with van der Waals surface area (Å²) >= 11 is 0. The van der Waals surface area contributed by atoms with Crippen molar-refractivity contribution >= 4 is 21.7 Å². The lowest BCUT2D eigenvalue weighted by Gasteiger charge is -2.22. The van der Waals surface area contributed by atoms with Crippen LogP contribution < -0.4 is 10.1 Å². The van der Waals surface area contributed by atoms with Crippen LogP contribution in [0.1, 0.15) is 26.2 Å². The number of carbonyl (C=O) groups excluding carboxylic acids is 1. The first-order chi connectivity index (χ1) is 18.8. The van der Waals surface area contributed by atoms with Crippen molar-refractivity contribution in [2.24, 2.45) is 0 Å². The van der Waals surface area contributed by atoms with E-state index in [4.69, 9.17) is 4.74 Å². The van der Waals surface area contributed by atoms with Crippen molar-refractivity contribution in [2.75, 3.05) is 25.5 Å². The number of amides is 1. The number of anilines is 1. The van der Waals surface area contributed by atoms with E-state index in [9.17, 15) is 17.6 Å². The van der Waals surface area contributed by atoms with E-state index in [-0.39, 0.29) is 18.0 Å². The average molecular weight is 551 g/mol. The van der Waals surface area contributed by atoms with Crippen LogP contribution in [0.2, 0.25) is 0 Å². The second-order valence-electron chi connectivity index (χ2n) is 8.94. The zero-order valence-electron chi connectivity index (χ0n) is 21.9. The summed E-state index contributed by atoms with van der Waals surface area (Å²) in [5, 5.41) is 7.44. The maximum Gasteiger partial charge on any atom is 0.243 e. The predicted molar refractivity (Wildman–Crippen MR) is 149 cm³/mol. The van der Waals surface area contributed by atoms with Crippen LogP contribution in [-0.2, 0) is 14.8 Å². The number of halogens is 1. The Bertz CT molecular complexity index is 1490. The second-order valence-corrected chi connectivity index (χ2v) is 10.9. The topological polar surface area (TPSA) is 93.5 Å². The zero-order chi connectivity index (χ0) is 27.8. The van der Waals surface area contributed by atoms with Crippen molar-refractivity contribution in [3.63, 3.8) is 0 Å². The Morgan fingerprint density at radius 3 is 2.33 bits per heavy atom. The lowest BCUT2D eigenvalue weighted by Crippen LogP contribution is -2.38. The van der Waals surface area contributed by atoms with Crippen LogP contribution in [-0.4, -0.2) is 48.6 Å². The molecule has 0 bridgehead atoms. The molecule has 10 heteroatoms. The first-order valence-electron chi connectivity index (χ1n) is 12.7. The number of hydrogen-bond donors (Lipinski definition) is 1. The summed E-state index contributed by atoms with van der Waals surface area (Å²) in [6.07, 6.45) is 2.35. The monoisotopic (exact) mass is 550 g/mol. The molecule has 0 aliphatic heterocycles. The van der Waals surface area contributed by atoms with Crippen LogP contribution in [0, 0.1) is 5.82 Å². The molecule has 0 unspecified atom stereocenters. The molecule has 0 fully saturated rings. The molecule has 0 radical (unpaired) electrons. The number of nitrogens with one attached hydrogen (secondary N) is 1. The van der Waals surface area contributed by atoms with Crippen molar-refractivity contribution in [1.29, 1.82) is 0 Å². The number of ether oxygens (including phenoxy) is 1. The average Bonchev–Trinajstić information content (AvgIpc) is 3.37. The molecule has 0 aliphatic carbocycles. The number of nitrogens with zero attached hydrogens (tertiary/aromatic N) is 3. The fourth-order valence-corrected chi connectivity index (χ4v) is 5.50. The van der Waals surface area contributed by atoms with Crippen LogP contribution in [0.3, 0.4) is 0 Å². The molecule has 0 saturated heterocycles. The highest BCUT2D eigenvalue weighted by Crippen LogP contribution is 2.26. The normalized spacial score (nSPS) is 11.5. The molecule has 3 aromatic carbocycles. The van der Waals surface area contributed by atoms with Gasteiger partial charge in [-0.15, -0.1) is 0 Å². The van der Waals surface area contributed by atoms with Crippen LogP contribution in [0.5, 0.6) is 5.75 Å². The molecule has 1 amide bonds. The highest BCUT2D eigenvalue weighted by atomic mass is 32.2. The molecule has 0 atom stereocenters. The van der Waals surface area contributed by atoms with Gasteiger partial charge >= 0.3 is 0 Å². The molecule has 4 aromatic rings. The molecule has 4 rings (SSSR count). The third kappa shape index (κ3) is 6.90. The SMILES string of the molecule is CCCCCN(CC(=O)Nc1cc(-c2ccccc2)nn1-c1ccc(F)cc1)S(=O)(=O)c1ccc(OC)cc1. The third-order valence-corrected chi connectivity index (χ3v) is 8.01. The number of sulfonamides is 1. The minimum absolute atomic E-state index is 0.0790. The van der Waals surface area contributed by atoms with Gasteiger partial charge in [0.25, 0.3) is 0 Å². The van der Waals surface area contributed by atoms with E-state index < -0.39 is 21.7 Å². The summed E-state index contributed by atoms with van der Waals surface area (Å²) < 4.78 is 48.4. The van der Waals surface area contributed by atoms with Gasteiger partial charge in [-0.3, -0.25) is 4.79 Å². The van der Waals surface area contributed by atoms with Gasteiger partial charge in [0.05, 0.1) is 29.9 Å². The van der Waals surface area contributed by atoms with Gasteiger partial charge in [0.2, 0.25) is 15.9 Å². The molecule has 1 heterocycles. The summed E-state index contributed by atoms with van der Waals surface area (Å²) in [5.74, 6) is -0.0500. The Morgan fingerprint density at radius 1 is 1.00 bits per heavy atom. The number of aromatic nitrogens is 2. The molecule has 8 nitrogen and oxygen atoms in total. The highest BCUT2D eigenvalue weighted by Gasteiger charge is 2.27. The van der Waals surface area contributed by atoms with E-state index in [2.05, 4.69) is 10.4 Å². The number of carbonyl (C=O) groups is 1. The fourth-order valence-electron chi connectivity index (χ4n) is 4.06. The molecule has 0 aliphatic rings. The molecule has 0 saturated carbocycles. The Balaban J connectivity index is 1.62. The molecular formula is C29H31FN4O4S. The quantitative estimate of drug-likeness (QED) is 0.235. The maximum atomic E-state index is 13.6. The summed E-state index contributed by atoms with van der Waals surface area (Å²) in [4.78, 5) is 13.4. The minimum atomic E-state index is -3.95. The van der Waals surface area contributed by atoms with Crippen molar-refractivity contribution in [3.8, 4) is 22.7 Å². The smallest absolute Gasteiger partial charge is 0.243 e. The third-order valence-electron chi connectivity index (χ3n) is 6.15. The standard InChI is InChI=1S/C29H31FN4O4S/c1-3-4-8-19-33(39(36,37)26-17-15-25(38-2)16-18-26)21-29(35)31-28-20-27(22-9-6-5-7-10-22)32-34(28)24-13-11-23(30)12-14-24/h5-7,9-18,20H,3-4,8,19,21H2,1-2H3,(H,31,35). The number of rotatable bonds is 12. The number of unbranched alkanes of at least 4 members (excludes halogenated alkanes) is 2. The summed E-state index contributed by atoms with van der Waals surface area (Å²) in [6, 6.07) is 22.9. The lowest BCUT2D eigenvalue weighted by molar-refractivity contribution is -0.116. The van der Waals surface area contributed by atoms with Gasteiger partial charge in [-0.1, -0.05) is 50.1 Å². The van der Waals surface area contributed by atoms with Gasteiger partial charge in [0, 0.05) is 18.2 Å². The van der Waals surface area contributed by atoms with E-state index in [1.165, 1.54) is 40.4 Å². The molecule has 1 aromatic heterocycles. The summed E-state index contributed by atoms with van der Waals surface area (Å²) in [7, 11) is -2.44. The van der Waals surface area contributed by atoms with Gasteiger partial charge in [-0.2, -0.15) is 9.40 Å². The maximum absolute atomic E-state index is 13.6. The van der Waals surface area contributed by atoms with Crippen molar-refractivity contribution in [1.82, 2.24) is 14.1 Å². The van der Waals surface area contributed by atoms with Crippen LogP contribution in [0.15, 0.2) is 89.8 Å². The van der Waals surface area contributed by atoms with Crippen molar-refractivity contribution in [2.45, 2.75) is 31.1 Å². The molecule has 39 heavy (non-hydrogen) atoms. The van der Waals surface area contributed by atoms with Crippen LogP contribution >= 0.6 is 0 Å². The first kappa shape index (κ1) is 28.0. The second kappa shape index (κ2) is 12.7. The fraction of sp³-hybridized carbons (Fsp3) is 0.241. The van der Waals surface area contributed by atoms with Gasteiger partial charge in [-0.05, 0) is 55.0 Å². The van der Waals surface area contributed by atoms with Crippen molar-refractivity contribution in [3.05, 3.63) is 90.7 Å². The molecule has 204 valence electrons. The number of benzene rings is 3. The largest absolute Gasteiger partial charge is 0.497 e.